The SMILES string of the molecule is CC(C)CCCC(=O)OC1c2ccccc2C(=O)N1c1ccc2ccc(Br)nc2n1. The normalized spacial score (nSPS) is 15.7. The number of benzene rings is 1. The maximum Gasteiger partial charge on any atom is 0.307 e. The van der Waals surface area contributed by atoms with Crippen LogP contribution in [0.5, 0.6) is 0 Å². The highest BCUT2D eigenvalue weighted by Crippen LogP contribution is 2.38. The third kappa shape index (κ3) is 4.07. The molecule has 0 radical (unpaired) electrons. The molecule has 1 aliphatic heterocycles. The third-order valence-electron chi connectivity index (χ3n) is 5.07. The zero-order valence-corrected chi connectivity index (χ0v) is 18.4. The van der Waals surface area contributed by atoms with E-state index in [0.717, 1.165) is 18.2 Å². The summed E-state index contributed by atoms with van der Waals surface area (Å²) >= 11 is 3.35. The van der Waals surface area contributed by atoms with Crippen molar-refractivity contribution in [3.8, 4) is 0 Å². The van der Waals surface area contributed by atoms with Gasteiger partial charge in [-0.1, -0.05) is 38.5 Å². The number of hydrogen-bond acceptors (Lipinski definition) is 5. The molecule has 0 spiro atoms. The van der Waals surface area contributed by atoms with E-state index in [2.05, 4.69) is 39.7 Å². The van der Waals surface area contributed by atoms with Crippen LogP contribution in [0.3, 0.4) is 0 Å². The predicted molar refractivity (Wildman–Crippen MR) is 118 cm³/mol. The lowest BCUT2D eigenvalue weighted by molar-refractivity contribution is -0.149. The summed E-state index contributed by atoms with van der Waals surface area (Å²) in [6.45, 7) is 4.24. The fourth-order valence-corrected chi connectivity index (χ4v) is 3.86. The lowest BCUT2D eigenvalue weighted by Crippen LogP contribution is -2.31. The van der Waals surface area contributed by atoms with Crippen molar-refractivity contribution < 1.29 is 14.3 Å². The first-order valence-electron chi connectivity index (χ1n) is 9.99. The highest BCUT2D eigenvalue weighted by molar-refractivity contribution is 9.10. The van der Waals surface area contributed by atoms with Crippen molar-refractivity contribution in [3.05, 3.63) is 64.3 Å². The Hall–Kier alpha value is -2.80. The number of pyridine rings is 2. The van der Waals surface area contributed by atoms with Crippen LogP contribution in [0.15, 0.2) is 53.1 Å². The van der Waals surface area contributed by atoms with E-state index in [1.165, 1.54) is 4.90 Å². The molecule has 2 aromatic heterocycles. The fourth-order valence-electron chi connectivity index (χ4n) is 3.56. The van der Waals surface area contributed by atoms with Gasteiger partial charge in [-0.25, -0.2) is 9.97 Å². The first-order chi connectivity index (χ1) is 14.4. The molecular weight excluding hydrogens is 446 g/mol. The third-order valence-corrected chi connectivity index (χ3v) is 5.51. The van der Waals surface area contributed by atoms with Crippen LogP contribution in [0.4, 0.5) is 5.82 Å². The van der Waals surface area contributed by atoms with E-state index in [9.17, 15) is 9.59 Å². The summed E-state index contributed by atoms with van der Waals surface area (Å²) in [5.41, 5.74) is 1.69. The molecule has 1 unspecified atom stereocenters. The van der Waals surface area contributed by atoms with Crippen molar-refractivity contribution in [1.82, 2.24) is 9.97 Å². The Bertz CT molecular complexity index is 1120. The van der Waals surface area contributed by atoms with Gasteiger partial charge < -0.3 is 4.74 Å². The number of carbonyl (C=O) groups is 2. The van der Waals surface area contributed by atoms with Crippen LogP contribution >= 0.6 is 15.9 Å². The zero-order chi connectivity index (χ0) is 21.3. The monoisotopic (exact) mass is 467 g/mol. The van der Waals surface area contributed by atoms with Gasteiger partial charge in [0.05, 0.1) is 0 Å². The van der Waals surface area contributed by atoms with Gasteiger partial charge >= 0.3 is 5.97 Å². The van der Waals surface area contributed by atoms with Gasteiger partial charge in [-0.05, 0) is 58.6 Å². The Labute approximate surface area is 183 Å². The quantitative estimate of drug-likeness (QED) is 0.357. The molecule has 0 saturated heterocycles. The smallest absolute Gasteiger partial charge is 0.307 e. The summed E-state index contributed by atoms with van der Waals surface area (Å²) in [6, 6.07) is 14.5. The van der Waals surface area contributed by atoms with Crippen molar-refractivity contribution in [2.24, 2.45) is 5.92 Å². The van der Waals surface area contributed by atoms with Gasteiger partial charge in [0.2, 0.25) is 6.23 Å². The summed E-state index contributed by atoms with van der Waals surface area (Å²) in [7, 11) is 0. The van der Waals surface area contributed by atoms with Gasteiger partial charge in [0.25, 0.3) is 5.91 Å². The standard InChI is InChI=1S/C23H22BrN3O3/c1-14(2)6-5-9-20(28)30-23-17-8-4-3-7-16(17)22(29)27(23)19-13-11-15-10-12-18(24)25-21(15)26-19/h3-4,7-8,10-14,23H,5-6,9H2,1-2H3. The van der Waals surface area contributed by atoms with Crippen molar-refractivity contribution in [2.75, 3.05) is 4.90 Å². The highest BCUT2D eigenvalue weighted by Gasteiger charge is 2.40. The molecule has 30 heavy (non-hydrogen) atoms. The summed E-state index contributed by atoms with van der Waals surface area (Å²) < 4.78 is 6.45. The number of rotatable bonds is 6. The number of aromatic nitrogens is 2. The molecule has 6 nitrogen and oxygen atoms in total. The Morgan fingerprint density at radius 1 is 1.13 bits per heavy atom. The molecule has 0 bridgehead atoms. The number of fused-ring (bicyclic) bond motifs is 2. The second kappa shape index (κ2) is 8.52. The maximum absolute atomic E-state index is 13.2. The van der Waals surface area contributed by atoms with E-state index in [-0.39, 0.29) is 11.9 Å². The molecule has 0 saturated carbocycles. The first-order valence-corrected chi connectivity index (χ1v) is 10.8. The number of nitrogens with zero attached hydrogens (tertiary/aromatic N) is 3. The Kier molecular flexibility index (Phi) is 5.81. The van der Waals surface area contributed by atoms with Crippen LogP contribution in [0.2, 0.25) is 0 Å². The minimum atomic E-state index is -0.836. The molecule has 3 heterocycles. The van der Waals surface area contributed by atoms with E-state index < -0.39 is 6.23 Å². The first kappa shape index (κ1) is 20.5. The highest BCUT2D eigenvalue weighted by atomic mass is 79.9. The van der Waals surface area contributed by atoms with Crippen LogP contribution in [0.25, 0.3) is 11.0 Å². The van der Waals surface area contributed by atoms with Crippen LogP contribution in [0, 0.1) is 5.92 Å². The van der Waals surface area contributed by atoms with Crippen LogP contribution in [-0.4, -0.2) is 21.8 Å². The number of anilines is 1. The van der Waals surface area contributed by atoms with E-state index in [4.69, 9.17) is 4.74 Å². The van der Waals surface area contributed by atoms with E-state index in [1.807, 2.05) is 30.3 Å². The molecule has 0 aliphatic carbocycles. The van der Waals surface area contributed by atoms with Gasteiger partial charge in [-0.3, -0.25) is 14.5 Å². The van der Waals surface area contributed by atoms with Gasteiger partial charge in [0.1, 0.15) is 10.4 Å². The molecule has 0 N–H and O–H groups in total. The Balaban J connectivity index is 1.66. The molecule has 3 aromatic rings. The molecule has 154 valence electrons. The van der Waals surface area contributed by atoms with E-state index >= 15 is 0 Å². The molecule has 1 aromatic carbocycles. The number of ether oxygens (including phenoxy) is 1. The molecule has 1 atom stereocenters. The average molecular weight is 468 g/mol. The fraction of sp³-hybridized carbons (Fsp3) is 0.304. The largest absolute Gasteiger partial charge is 0.437 e. The molecule has 1 amide bonds. The minimum absolute atomic E-state index is 0.243. The van der Waals surface area contributed by atoms with Crippen molar-refractivity contribution in [3.63, 3.8) is 0 Å². The number of carbonyl (C=O) groups excluding carboxylic acids is 2. The molecule has 4 rings (SSSR count). The predicted octanol–water partition coefficient (Wildman–Crippen LogP) is 5.42. The summed E-state index contributed by atoms with van der Waals surface area (Å²) in [5.74, 6) is 0.357. The minimum Gasteiger partial charge on any atom is -0.437 e. The summed E-state index contributed by atoms with van der Waals surface area (Å²) in [5, 5.41) is 0.855. The topological polar surface area (TPSA) is 72.4 Å². The summed E-state index contributed by atoms with van der Waals surface area (Å²) in [4.78, 5) is 36.1. The van der Waals surface area contributed by atoms with E-state index in [0.29, 0.717) is 39.5 Å². The molecular formula is C23H22BrN3O3. The number of halogens is 1. The molecule has 1 aliphatic rings. The zero-order valence-electron chi connectivity index (χ0n) is 16.8. The van der Waals surface area contributed by atoms with Crippen molar-refractivity contribution in [1.29, 1.82) is 0 Å². The Morgan fingerprint density at radius 3 is 2.70 bits per heavy atom. The second-order valence-corrected chi connectivity index (χ2v) is 8.55. The van der Waals surface area contributed by atoms with Crippen molar-refractivity contribution >= 4 is 44.7 Å². The number of amides is 1. The Morgan fingerprint density at radius 2 is 1.90 bits per heavy atom. The van der Waals surface area contributed by atoms with Crippen LogP contribution in [-0.2, 0) is 9.53 Å². The molecule has 0 fully saturated rings. The van der Waals surface area contributed by atoms with E-state index in [1.54, 1.807) is 18.2 Å². The summed E-state index contributed by atoms with van der Waals surface area (Å²) in [6.07, 6.45) is 1.19. The lowest BCUT2D eigenvalue weighted by atomic mass is 10.1. The lowest BCUT2D eigenvalue weighted by Gasteiger charge is -2.24. The number of hydrogen-bond donors (Lipinski definition) is 0. The van der Waals surface area contributed by atoms with Gasteiger partial charge in [-0.2, -0.15) is 0 Å². The number of esters is 1. The van der Waals surface area contributed by atoms with Crippen LogP contribution in [0.1, 0.15) is 55.3 Å². The average Bonchev–Trinajstić information content (AvgIpc) is 2.99. The maximum atomic E-state index is 13.2. The second-order valence-electron chi connectivity index (χ2n) is 7.74. The van der Waals surface area contributed by atoms with Gasteiger partial charge in [0.15, 0.2) is 5.65 Å². The van der Waals surface area contributed by atoms with Crippen molar-refractivity contribution in [2.45, 2.75) is 39.3 Å². The van der Waals surface area contributed by atoms with Gasteiger partial charge in [-0.15, -0.1) is 0 Å². The molecule has 7 heteroatoms. The van der Waals surface area contributed by atoms with Gasteiger partial charge in [0, 0.05) is 22.9 Å². The van der Waals surface area contributed by atoms with Crippen LogP contribution < -0.4 is 4.90 Å².